The summed E-state index contributed by atoms with van der Waals surface area (Å²) >= 11 is 0. The molecule has 2 aliphatic rings. The Hall–Kier alpha value is -5.20. The Morgan fingerprint density at radius 1 is 0.600 bits per heavy atom. The highest BCUT2D eigenvalue weighted by Gasteiger charge is 2.36. The van der Waals surface area contributed by atoms with Crippen LogP contribution in [0, 0.1) is 0 Å². The lowest BCUT2D eigenvalue weighted by Crippen LogP contribution is -2.49. The molecule has 0 fully saturated rings. The molecule has 6 aromatic rings. The van der Waals surface area contributed by atoms with Gasteiger partial charge in [0.2, 0.25) is 0 Å². The third-order valence-corrected chi connectivity index (χ3v) is 9.45. The van der Waals surface area contributed by atoms with Gasteiger partial charge >= 0.3 is 0 Å². The van der Waals surface area contributed by atoms with Gasteiger partial charge < -0.3 is 24.0 Å². The zero-order valence-corrected chi connectivity index (χ0v) is 26.2. The molecule has 0 radical (unpaired) electrons. The Morgan fingerprint density at radius 2 is 1.27 bits per heavy atom. The van der Waals surface area contributed by atoms with Crippen molar-refractivity contribution in [3.8, 4) is 17.2 Å². The number of rotatable bonds is 5. The molecule has 0 saturated carbocycles. The Morgan fingerprint density at radius 3 is 2.00 bits per heavy atom. The summed E-state index contributed by atoms with van der Waals surface area (Å²) in [5, 5.41) is 2.48. The van der Waals surface area contributed by atoms with Crippen LogP contribution >= 0.6 is 0 Å². The first-order valence-electron chi connectivity index (χ1n) is 15.5. The zero-order chi connectivity index (χ0) is 30.7. The lowest BCUT2D eigenvalue weighted by Gasteiger charge is -2.47. The minimum Gasteiger partial charge on any atom is -0.457 e. The molecule has 0 N–H and O–H groups in total. The molecule has 1 aromatic heterocycles. The van der Waals surface area contributed by atoms with Crippen LogP contribution in [-0.4, -0.2) is 41.8 Å². The van der Waals surface area contributed by atoms with E-state index in [4.69, 9.17) is 4.74 Å². The summed E-state index contributed by atoms with van der Waals surface area (Å²) in [5.74, 6) is 1.60. The molecule has 6 nitrogen and oxygen atoms in total. The monoisotopic (exact) mass is 591 g/mol. The number of hydrogen-bond donors (Lipinski definition) is 0. The zero-order valence-electron chi connectivity index (χ0n) is 26.2. The van der Waals surface area contributed by atoms with Crippen LogP contribution in [-0.2, 0) is 5.54 Å². The summed E-state index contributed by atoms with van der Waals surface area (Å²) in [5.41, 5.74) is 8.02. The fourth-order valence-corrected chi connectivity index (χ4v) is 6.79. The van der Waals surface area contributed by atoms with Crippen LogP contribution in [0.5, 0.6) is 11.5 Å². The minimum atomic E-state index is -0.0879. The predicted molar refractivity (Wildman–Crippen MR) is 186 cm³/mol. The summed E-state index contributed by atoms with van der Waals surface area (Å²) in [7, 11) is 4.28. The second-order valence-corrected chi connectivity index (χ2v) is 12.7. The van der Waals surface area contributed by atoms with Crippen molar-refractivity contribution >= 4 is 38.9 Å². The molecule has 0 bridgehead atoms. The molecule has 0 unspecified atom stereocenters. The molecule has 0 aliphatic carbocycles. The van der Waals surface area contributed by atoms with Gasteiger partial charge in [-0.25, -0.2) is 0 Å². The third kappa shape index (κ3) is 4.61. The highest BCUT2D eigenvalue weighted by atomic mass is 16.5. The topological polar surface area (TPSA) is 27.1 Å². The number of nitrogens with zero attached hydrogens (tertiary/aromatic N) is 5. The van der Waals surface area contributed by atoms with Gasteiger partial charge in [-0.1, -0.05) is 60.7 Å². The van der Waals surface area contributed by atoms with E-state index >= 15 is 0 Å². The van der Waals surface area contributed by atoms with Crippen molar-refractivity contribution in [3.05, 3.63) is 133 Å². The quantitative estimate of drug-likeness (QED) is 0.199. The Labute approximate surface area is 264 Å². The number of anilines is 3. The van der Waals surface area contributed by atoms with Crippen molar-refractivity contribution in [1.82, 2.24) is 14.4 Å². The van der Waals surface area contributed by atoms with Gasteiger partial charge in [0.05, 0.1) is 30.1 Å². The van der Waals surface area contributed by atoms with Gasteiger partial charge in [-0.3, -0.25) is 4.90 Å². The van der Waals surface area contributed by atoms with Crippen molar-refractivity contribution in [2.45, 2.75) is 19.4 Å². The maximum absolute atomic E-state index is 6.74. The van der Waals surface area contributed by atoms with E-state index in [0.717, 1.165) is 41.9 Å². The summed E-state index contributed by atoms with van der Waals surface area (Å²) in [4.78, 5) is 9.19. The molecular formula is C39H37N5O. The number of hydrogen-bond acceptors (Lipinski definition) is 5. The molecule has 8 rings (SSSR count). The van der Waals surface area contributed by atoms with Gasteiger partial charge in [0.1, 0.15) is 11.5 Å². The van der Waals surface area contributed by atoms with Crippen molar-refractivity contribution in [3.63, 3.8) is 0 Å². The molecule has 45 heavy (non-hydrogen) atoms. The summed E-state index contributed by atoms with van der Waals surface area (Å²) < 4.78 is 9.10. The van der Waals surface area contributed by atoms with Crippen LogP contribution in [0.4, 0.5) is 17.1 Å². The highest BCUT2D eigenvalue weighted by molar-refractivity contribution is 6.09. The van der Waals surface area contributed by atoms with Crippen LogP contribution in [0.1, 0.15) is 19.4 Å². The SMILES string of the molecule is CN1C=CN(c2cccc(Oc3cc(N4CN(C)C(C)(C)c5ccccc54)cc(-n4c5ccccc5c5ccccc54)c3)c2)C1. The molecule has 224 valence electrons. The van der Waals surface area contributed by atoms with Crippen LogP contribution < -0.4 is 14.5 Å². The highest BCUT2D eigenvalue weighted by Crippen LogP contribution is 2.44. The predicted octanol–water partition coefficient (Wildman–Crippen LogP) is 9.03. The maximum Gasteiger partial charge on any atom is 0.131 e. The fraction of sp³-hybridized carbons (Fsp3) is 0.179. The molecule has 3 heterocycles. The van der Waals surface area contributed by atoms with Crippen LogP contribution in [0.25, 0.3) is 27.5 Å². The normalized spacial score (nSPS) is 16.1. The Balaban J connectivity index is 1.30. The van der Waals surface area contributed by atoms with E-state index in [1.807, 2.05) is 6.07 Å². The minimum absolute atomic E-state index is 0.0879. The first kappa shape index (κ1) is 27.4. The van der Waals surface area contributed by atoms with Gasteiger partial charge in [0.25, 0.3) is 0 Å². The largest absolute Gasteiger partial charge is 0.457 e. The summed E-state index contributed by atoms with van der Waals surface area (Å²) in [6.07, 6.45) is 4.19. The average Bonchev–Trinajstić information content (AvgIpc) is 3.64. The standard InChI is InChI=1S/C39H37N5O/c1-39(2)35-16-7-10-19-38(35)43(27-41(39)4)29-22-30(44-36-17-8-5-14-33(36)34-15-6-9-18-37(34)44)25-32(24-29)45-31-13-11-12-28(23-31)42-21-20-40(3)26-42/h5-25H,26-27H2,1-4H3. The second kappa shape index (κ2) is 10.5. The van der Waals surface area contributed by atoms with Crippen molar-refractivity contribution in [1.29, 1.82) is 0 Å². The molecule has 6 heteroatoms. The fourth-order valence-electron chi connectivity index (χ4n) is 6.79. The third-order valence-electron chi connectivity index (χ3n) is 9.45. The van der Waals surface area contributed by atoms with E-state index in [9.17, 15) is 0 Å². The molecule has 5 aromatic carbocycles. The molecular weight excluding hydrogens is 554 g/mol. The van der Waals surface area contributed by atoms with Gasteiger partial charge in [-0.15, -0.1) is 0 Å². The lowest BCUT2D eigenvalue weighted by atomic mass is 9.88. The number of ether oxygens (including phenoxy) is 1. The van der Waals surface area contributed by atoms with E-state index in [1.165, 1.54) is 33.1 Å². The van der Waals surface area contributed by atoms with E-state index < -0.39 is 0 Å². The van der Waals surface area contributed by atoms with Crippen LogP contribution in [0.2, 0.25) is 0 Å². The van der Waals surface area contributed by atoms with Gasteiger partial charge in [-0.05, 0) is 62.9 Å². The average molecular weight is 592 g/mol. The Kier molecular flexibility index (Phi) is 6.36. The summed E-state index contributed by atoms with van der Waals surface area (Å²) in [6.45, 7) is 6.17. The van der Waals surface area contributed by atoms with E-state index in [2.05, 4.69) is 174 Å². The van der Waals surface area contributed by atoms with Gasteiger partial charge in [0.15, 0.2) is 0 Å². The number of aromatic nitrogens is 1. The van der Waals surface area contributed by atoms with E-state index in [1.54, 1.807) is 0 Å². The number of fused-ring (bicyclic) bond motifs is 4. The van der Waals surface area contributed by atoms with E-state index in [0.29, 0.717) is 0 Å². The van der Waals surface area contributed by atoms with Crippen LogP contribution in [0.15, 0.2) is 128 Å². The smallest absolute Gasteiger partial charge is 0.131 e. The van der Waals surface area contributed by atoms with Gasteiger partial charge in [-0.2, -0.15) is 0 Å². The van der Waals surface area contributed by atoms with Crippen LogP contribution in [0.3, 0.4) is 0 Å². The molecule has 0 atom stereocenters. The Bertz CT molecular complexity index is 2040. The molecule has 0 amide bonds. The molecule has 2 aliphatic heterocycles. The number of benzene rings is 5. The van der Waals surface area contributed by atoms with Gasteiger partial charge in [0, 0.05) is 71.0 Å². The second-order valence-electron chi connectivity index (χ2n) is 12.7. The maximum atomic E-state index is 6.74. The molecule has 0 saturated heterocycles. The van der Waals surface area contributed by atoms with Crippen molar-refractivity contribution < 1.29 is 4.74 Å². The molecule has 0 spiro atoms. The first-order valence-corrected chi connectivity index (χ1v) is 15.5. The number of para-hydroxylation sites is 3. The van der Waals surface area contributed by atoms with Crippen molar-refractivity contribution in [2.24, 2.45) is 0 Å². The lowest BCUT2D eigenvalue weighted by molar-refractivity contribution is 0.150. The first-order chi connectivity index (χ1) is 21.9. The van der Waals surface area contributed by atoms with E-state index in [-0.39, 0.29) is 5.54 Å². The van der Waals surface area contributed by atoms with Crippen molar-refractivity contribution in [2.75, 3.05) is 37.2 Å². The summed E-state index contributed by atoms with van der Waals surface area (Å²) in [6, 6.07) is 41.1.